The van der Waals surface area contributed by atoms with E-state index in [2.05, 4.69) is 13.8 Å². The Hall–Kier alpha value is -0.780. The Labute approximate surface area is 127 Å². The smallest absolute Gasteiger partial charge is 0.276 e. The summed E-state index contributed by atoms with van der Waals surface area (Å²) in [6, 6.07) is 7.32. The molecule has 0 radical (unpaired) electrons. The van der Waals surface area contributed by atoms with Gasteiger partial charge < -0.3 is 4.90 Å². The van der Waals surface area contributed by atoms with Gasteiger partial charge in [-0.25, -0.2) is 0 Å². The van der Waals surface area contributed by atoms with Crippen molar-refractivity contribution in [1.82, 2.24) is 4.90 Å². The number of thioether (sulfide) groups is 1. The second-order valence-corrected chi connectivity index (χ2v) is 7.16. The summed E-state index contributed by atoms with van der Waals surface area (Å²) in [5.41, 5.74) is 0.656. The number of hydrogen-bond acceptors (Lipinski definition) is 3. The van der Waals surface area contributed by atoms with Crippen molar-refractivity contribution in [2.24, 2.45) is 0 Å². The summed E-state index contributed by atoms with van der Waals surface area (Å²) in [5, 5.41) is 10.8. The van der Waals surface area contributed by atoms with Gasteiger partial charge in [-0.2, -0.15) is 0 Å². The lowest BCUT2D eigenvalue weighted by Gasteiger charge is -2.28. The van der Waals surface area contributed by atoms with Crippen molar-refractivity contribution in [3.8, 4) is 0 Å². The van der Waals surface area contributed by atoms with Gasteiger partial charge in [0.2, 0.25) is 6.21 Å². The van der Waals surface area contributed by atoms with Gasteiger partial charge in [-0.05, 0) is 54.6 Å². The fourth-order valence-electron chi connectivity index (χ4n) is 1.87. The van der Waals surface area contributed by atoms with E-state index in [9.17, 15) is 5.21 Å². The molecule has 0 spiro atoms. The molecule has 1 N–H and O–H groups in total. The Balaban J connectivity index is 2.27. The lowest BCUT2D eigenvalue weighted by molar-refractivity contribution is -0.785. The average Bonchev–Trinajstić information content (AvgIpc) is 2.56. The molecular weight excluding hydrogens is 300 g/mol. The van der Waals surface area contributed by atoms with Gasteiger partial charge in [0.1, 0.15) is 9.86 Å². The Bertz CT molecular complexity index is 528. The summed E-state index contributed by atoms with van der Waals surface area (Å²) in [4.78, 5) is 2.01. The van der Waals surface area contributed by atoms with Gasteiger partial charge in [-0.3, -0.25) is 5.21 Å². The molecule has 1 fully saturated rings. The van der Waals surface area contributed by atoms with Crippen molar-refractivity contribution in [3.05, 3.63) is 34.9 Å². The first kappa shape index (κ1) is 14.6. The van der Waals surface area contributed by atoms with Crippen LogP contribution in [0.2, 0.25) is 5.02 Å². The van der Waals surface area contributed by atoms with Crippen LogP contribution in [0.4, 0.5) is 0 Å². The first-order valence-electron chi connectivity index (χ1n) is 5.84. The van der Waals surface area contributed by atoms with E-state index >= 15 is 0 Å². The minimum atomic E-state index is -0.237. The Kier molecular flexibility index (Phi) is 4.08. The Morgan fingerprint density at radius 1 is 1.42 bits per heavy atom. The molecule has 1 heterocycles. The lowest BCUT2D eigenvalue weighted by atomic mass is 10.0. The number of hydrogen-bond donors (Lipinski definition) is 1. The molecule has 1 unspecified atom stereocenters. The molecule has 0 bridgehead atoms. The maximum Gasteiger partial charge on any atom is 0.276 e. The minimum absolute atomic E-state index is 0.138. The monoisotopic (exact) mass is 315 g/mol. The van der Waals surface area contributed by atoms with Gasteiger partial charge in [0, 0.05) is 17.6 Å². The molecule has 0 saturated carbocycles. The summed E-state index contributed by atoms with van der Waals surface area (Å²) in [6.07, 6.45) is 1.69. The third-order valence-electron chi connectivity index (χ3n) is 3.35. The normalized spacial score (nSPS) is 22.9. The number of thiocarbonyl (C=S) groups is 1. The van der Waals surface area contributed by atoms with Crippen LogP contribution in [0.15, 0.2) is 24.3 Å². The molecule has 1 saturated heterocycles. The van der Waals surface area contributed by atoms with Crippen molar-refractivity contribution >= 4 is 46.1 Å². The van der Waals surface area contributed by atoms with Gasteiger partial charge in [-0.1, -0.05) is 23.8 Å². The molecular formula is C13H16ClN2OS2+. The third-order valence-corrected chi connectivity index (χ3v) is 5.65. The first-order chi connectivity index (χ1) is 8.82. The molecule has 1 atom stereocenters. The van der Waals surface area contributed by atoms with Gasteiger partial charge in [-0.15, -0.1) is 0 Å². The number of likely N-dealkylation sites (N-methyl/N-ethyl adjacent to an activating group) is 1. The molecule has 102 valence electrons. The van der Waals surface area contributed by atoms with E-state index in [4.69, 9.17) is 23.8 Å². The van der Waals surface area contributed by atoms with Crippen LogP contribution in [-0.4, -0.2) is 43.3 Å². The number of benzene rings is 1. The van der Waals surface area contributed by atoms with Gasteiger partial charge in [0.05, 0.1) is 0 Å². The van der Waals surface area contributed by atoms with Crippen LogP contribution >= 0.6 is 35.6 Å². The third kappa shape index (κ3) is 2.88. The van der Waals surface area contributed by atoms with Crippen molar-refractivity contribution in [2.45, 2.75) is 24.8 Å². The summed E-state index contributed by atoms with van der Waals surface area (Å²) >= 11 is 12.6. The topological polar surface area (TPSA) is 26.5 Å². The van der Waals surface area contributed by atoms with Gasteiger partial charge in [0.15, 0.2) is 0 Å². The highest BCUT2D eigenvalue weighted by Crippen LogP contribution is 2.38. The van der Waals surface area contributed by atoms with Crippen molar-refractivity contribution < 1.29 is 9.95 Å². The van der Waals surface area contributed by atoms with Crippen molar-refractivity contribution in [1.29, 1.82) is 0 Å². The highest BCUT2D eigenvalue weighted by molar-refractivity contribution is 8.23. The molecule has 1 aliphatic heterocycles. The predicted molar refractivity (Wildman–Crippen MR) is 84.5 cm³/mol. The summed E-state index contributed by atoms with van der Waals surface area (Å²) in [6.45, 7) is 4.12. The van der Waals surface area contributed by atoms with E-state index < -0.39 is 0 Å². The van der Waals surface area contributed by atoms with Crippen LogP contribution < -0.4 is 0 Å². The zero-order chi connectivity index (χ0) is 14.2. The summed E-state index contributed by atoms with van der Waals surface area (Å²) < 4.78 is 2.02. The molecule has 2 rings (SSSR count). The highest BCUT2D eigenvalue weighted by Gasteiger charge is 2.51. The van der Waals surface area contributed by atoms with E-state index in [-0.39, 0.29) is 10.9 Å². The number of halogens is 1. The second-order valence-electron chi connectivity index (χ2n) is 5.01. The number of rotatable bonds is 2. The number of nitrogens with zero attached hydrogens (tertiary/aromatic N) is 2. The Morgan fingerprint density at radius 2 is 2.00 bits per heavy atom. The van der Waals surface area contributed by atoms with Crippen LogP contribution in [0.3, 0.4) is 0 Å². The fourth-order valence-corrected chi connectivity index (χ4v) is 3.70. The molecule has 19 heavy (non-hydrogen) atoms. The highest BCUT2D eigenvalue weighted by atomic mass is 35.5. The first-order valence-corrected chi connectivity index (χ1v) is 7.51. The molecule has 3 nitrogen and oxygen atoms in total. The summed E-state index contributed by atoms with van der Waals surface area (Å²) in [7, 11) is 1.95. The Morgan fingerprint density at radius 3 is 2.47 bits per heavy atom. The molecule has 1 aromatic rings. The maximum absolute atomic E-state index is 10.3. The van der Waals surface area contributed by atoms with Crippen molar-refractivity contribution in [2.75, 3.05) is 7.05 Å². The molecule has 1 aromatic carbocycles. The van der Waals surface area contributed by atoms with Crippen LogP contribution in [0.5, 0.6) is 0 Å². The van der Waals surface area contributed by atoms with Gasteiger partial charge >= 0.3 is 0 Å². The SMILES string of the molecule is CN1C(=S)SC([N+](O)=Cc2ccc(Cl)cc2)C1(C)C. The zero-order valence-corrected chi connectivity index (χ0v) is 13.4. The standard InChI is InChI=1S/C13H16ClN2OS2/c1-13(2)11(19-12(18)15(13)3)16(17)8-9-4-6-10(14)7-5-9/h4-8,11,17H,1-3H3/q+1. The van der Waals surface area contributed by atoms with E-state index in [1.54, 1.807) is 18.3 Å². The minimum Gasteiger partial charge on any atom is -0.347 e. The largest absolute Gasteiger partial charge is 0.347 e. The second kappa shape index (κ2) is 5.31. The van der Waals surface area contributed by atoms with E-state index in [1.807, 2.05) is 24.1 Å². The van der Waals surface area contributed by atoms with E-state index in [1.165, 1.54) is 16.5 Å². The van der Waals surface area contributed by atoms with Crippen LogP contribution in [0.1, 0.15) is 19.4 Å². The zero-order valence-electron chi connectivity index (χ0n) is 11.0. The predicted octanol–water partition coefficient (Wildman–Crippen LogP) is 3.23. The average molecular weight is 316 g/mol. The van der Waals surface area contributed by atoms with Crippen LogP contribution in [0, 0.1) is 0 Å². The van der Waals surface area contributed by atoms with E-state index in [0.29, 0.717) is 5.02 Å². The van der Waals surface area contributed by atoms with Crippen LogP contribution in [0.25, 0.3) is 0 Å². The summed E-state index contributed by atoms with van der Waals surface area (Å²) in [5.74, 6) is 0. The molecule has 0 aromatic heterocycles. The van der Waals surface area contributed by atoms with Gasteiger partial charge in [0.25, 0.3) is 5.37 Å². The molecule has 1 aliphatic rings. The van der Waals surface area contributed by atoms with E-state index in [0.717, 1.165) is 9.88 Å². The van der Waals surface area contributed by atoms with Crippen LogP contribution in [-0.2, 0) is 0 Å². The molecule has 0 amide bonds. The maximum atomic E-state index is 10.3. The quantitative estimate of drug-likeness (QED) is 0.298. The fraction of sp³-hybridized carbons (Fsp3) is 0.385. The lowest BCUT2D eigenvalue weighted by Crippen LogP contribution is -2.47. The molecule has 6 heteroatoms. The van der Waals surface area contributed by atoms with Crippen molar-refractivity contribution in [3.63, 3.8) is 0 Å². The molecule has 0 aliphatic carbocycles. The number of hydroxylamine groups is 1.